The lowest BCUT2D eigenvalue weighted by Crippen LogP contribution is -2.01. The van der Waals surface area contributed by atoms with Gasteiger partial charge in [0.15, 0.2) is 0 Å². The van der Waals surface area contributed by atoms with Gasteiger partial charge in [0.05, 0.1) is 6.54 Å². The lowest BCUT2D eigenvalue weighted by molar-refractivity contribution is -0.120. The van der Waals surface area contributed by atoms with Crippen molar-refractivity contribution in [3.05, 3.63) is 23.8 Å². The van der Waals surface area contributed by atoms with Crippen molar-refractivity contribution in [3.63, 3.8) is 0 Å². The Balaban J connectivity index is 2.90. The van der Waals surface area contributed by atoms with Crippen molar-refractivity contribution in [3.8, 4) is 18.1 Å². The molecule has 0 radical (unpaired) electrons. The Kier molecular flexibility index (Phi) is 3.57. The molecule has 0 atom stereocenters. The van der Waals surface area contributed by atoms with E-state index in [9.17, 15) is 4.79 Å². The van der Waals surface area contributed by atoms with E-state index in [1.165, 1.54) is 0 Å². The Hall–Kier alpha value is -1.95. The number of terminal acetylenes is 1. The molecule has 0 aromatic heterocycles. The number of ether oxygens (including phenoxy) is 1. The van der Waals surface area contributed by atoms with Crippen LogP contribution in [0.4, 0.5) is 5.69 Å². The van der Waals surface area contributed by atoms with Crippen molar-refractivity contribution in [2.24, 2.45) is 0 Å². The molecule has 1 rings (SSSR count). The SMILES string of the molecule is C#CCNc1cccc(OC=O)c1C. The highest BCUT2D eigenvalue weighted by Crippen LogP contribution is 2.24. The molecule has 0 unspecified atom stereocenters. The number of rotatable bonds is 4. The fraction of sp³-hybridized carbons (Fsp3) is 0.182. The Bertz CT molecular complexity index is 366. The molecule has 0 bridgehead atoms. The average molecular weight is 189 g/mol. The van der Waals surface area contributed by atoms with Gasteiger partial charge in [-0.3, -0.25) is 4.79 Å². The maximum atomic E-state index is 10.2. The van der Waals surface area contributed by atoms with Crippen LogP contribution in [0.5, 0.6) is 5.75 Å². The molecule has 3 nitrogen and oxygen atoms in total. The standard InChI is InChI=1S/C11H11NO2/c1-3-7-12-10-5-4-6-11(9(10)2)14-8-13/h1,4-6,8,12H,7H2,2H3. The molecule has 0 amide bonds. The molecule has 1 aromatic carbocycles. The minimum Gasteiger partial charge on any atom is -0.428 e. The van der Waals surface area contributed by atoms with Crippen LogP contribution in [0.15, 0.2) is 18.2 Å². The smallest absolute Gasteiger partial charge is 0.298 e. The van der Waals surface area contributed by atoms with Gasteiger partial charge in [-0.05, 0) is 19.1 Å². The molecule has 72 valence electrons. The molecule has 1 aromatic rings. The lowest BCUT2D eigenvalue weighted by atomic mass is 10.2. The normalized spacial score (nSPS) is 8.86. The van der Waals surface area contributed by atoms with Gasteiger partial charge in [0, 0.05) is 11.3 Å². The van der Waals surface area contributed by atoms with Crippen molar-refractivity contribution in [2.75, 3.05) is 11.9 Å². The van der Waals surface area contributed by atoms with Gasteiger partial charge < -0.3 is 10.1 Å². The van der Waals surface area contributed by atoms with Gasteiger partial charge in [-0.25, -0.2) is 0 Å². The van der Waals surface area contributed by atoms with Crippen molar-refractivity contribution in [1.29, 1.82) is 0 Å². The summed E-state index contributed by atoms with van der Waals surface area (Å²) in [5.41, 5.74) is 1.75. The Morgan fingerprint density at radius 1 is 1.64 bits per heavy atom. The summed E-state index contributed by atoms with van der Waals surface area (Å²) in [4.78, 5) is 10.2. The zero-order chi connectivity index (χ0) is 10.4. The van der Waals surface area contributed by atoms with E-state index in [-0.39, 0.29) is 0 Å². The van der Waals surface area contributed by atoms with Gasteiger partial charge in [0.1, 0.15) is 5.75 Å². The maximum absolute atomic E-state index is 10.2. The van der Waals surface area contributed by atoms with Crippen LogP contribution in [0.2, 0.25) is 0 Å². The first-order chi connectivity index (χ1) is 6.79. The zero-order valence-corrected chi connectivity index (χ0v) is 7.91. The van der Waals surface area contributed by atoms with Crippen LogP contribution in [-0.4, -0.2) is 13.0 Å². The largest absolute Gasteiger partial charge is 0.428 e. The monoisotopic (exact) mass is 189 g/mol. The van der Waals surface area contributed by atoms with E-state index in [0.717, 1.165) is 11.3 Å². The van der Waals surface area contributed by atoms with E-state index < -0.39 is 0 Å². The number of nitrogens with one attached hydrogen (secondary N) is 1. The van der Waals surface area contributed by atoms with E-state index in [1.54, 1.807) is 12.1 Å². The fourth-order valence-electron chi connectivity index (χ4n) is 1.13. The molecule has 0 aliphatic carbocycles. The Morgan fingerprint density at radius 3 is 3.07 bits per heavy atom. The highest BCUT2D eigenvalue weighted by molar-refractivity contribution is 5.60. The predicted molar refractivity (Wildman–Crippen MR) is 55.2 cm³/mol. The number of anilines is 1. The zero-order valence-electron chi connectivity index (χ0n) is 7.91. The minimum absolute atomic E-state index is 0.410. The van der Waals surface area contributed by atoms with E-state index in [2.05, 4.69) is 11.2 Å². The average Bonchev–Trinajstić information content (AvgIpc) is 2.20. The molecule has 14 heavy (non-hydrogen) atoms. The van der Waals surface area contributed by atoms with Crippen LogP contribution in [0.25, 0.3) is 0 Å². The van der Waals surface area contributed by atoms with Gasteiger partial charge >= 0.3 is 0 Å². The van der Waals surface area contributed by atoms with E-state index in [1.807, 2.05) is 13.0 Å². The first kappa shape index (κ1) is 10.1. The molecule has 0 heterocycles. The third-order valence-electron chi connectivity index (χ3n) is 1.84. The second kappa shape index (κ2) is 4.93. The fourth-order valence-corrected chi connectivity index (χ4v) is 1.13. The summed E-state index contributed by atoms with van der Waals surface area (Å²) >= 11 is 0. The predicted octanol–water partition coefficient (Wildman–Crippen LogP) is 1.58. The first-order valence-electron chi connectivity index (χ1n) is 4.17. The maximum Gasteiger partial charge on any atom is 0.298 e. The second-order valence-corrected chi connectivity index (χ2v) is 2.70. The summed E-state index contributed by atoms with van der Waals surface area (Å²) in [5, 5.41) is 3.03. The van der Waals surface area contributed by atoms with Crippen molar-refractivity contribution in [1.82, 2.24) is 0 Å². The third kappa shape index (κ3) is 2.27. The van der Waals surface area contributed by atoms with Gasteiger partial charge in [-0.1, -0.05) is 12.0 Å². The van der Waals surface area contributed by atoms with E-state index >= 15 is 0 Å². The topological polar surface area (TPSA) is 38.3 Å². The highest BCUT2D eigenvalue weighted by Gasteiger charge is 2.03. The lowest BCUT2D eigenvalue weighted by Gasteiger charge is -2.09. The summed E-state index contributed by atoms with van der Waals surface area (Å²) < 4.78 is 4.79. The van der Waals surface area contributed by atoms with Gasteiger partial charge in [-0.2, -0.15) is 0 Å². The number of benzene rings is 1. The van der Waals surface area contributed by atoms with E-state index in [0.29, 0.717) is 18.8 Å². The van der Waals surface area contributed by atoms with Crippen LogP contribution in [-0.2, 0) is 4.79 Å². The van der Waals surface area contributed by atoms with Crippen LogP contribution in [0.3, 0.4) is 0 Å². The summed E-state index contributed by atoms with van der Waals surface area (Å²) in [6.07, 6.45) is 5.12. The molecule has 0 saturated heterocycles. The van der Waals surface area contributed by atoms with Gasteiger partial charge in [0.25, 0.3) is 6.47 Å². The number of hydrogen-bond donors (Lipinski definition) is 1. The summed E-state index contributed by atoms with van der Waals surface area (Å²) in [5.74, 6) is 3.02. The summed E-state index contributed by atoms with van der Waals surface area (Å²) in [6.45, 7) is 2.72. The second-order valence-electron chi connectivity index (χ2n) is 2.70. The van der Waals surface area contributed by atoms with Crippen LogP contribution in [0, 0.1) is 19.3 Å². The molecular weight excluding hydrogens is 178 g/mol. The molecule has 0 saturated carbocycles. The summed E-state index contributed by atoms with van der Waals surface area (Å²) in [7, 11) is 0. The Morgan fingerprint density at radius 2 is 2.43 bits per heavy atom. The molecular formula is C11H11NO2. The molecule has 0 aliphatic rings. The third-order valence-corrected chi connectivity index (χ3v) is 1.84. The Labute approximate surface area is 83.1 Å². The molecule has 0 fully saturated rings. The molecule has 0 aliphatic heterocycles. The van der Waals surface area contributed by atoms with Crippen molar-refractivity contribution in [2.45, 2.75) is 6.92 Å². The molecule has 0 spiro atoms. The quantitative estimate of drug-likeness (QED) is 0.577. The van der Waals surface area contributed by atoms with Crippen molar-refractivity contribution < 1.29 is 9.53 Å². The summed E-state index contributed by atoms with van der Waals surface area (Å²) in [6, 6.07) is 5.40. The van der Waals surface area contributed by atoms with Crippen molar-refractivity contribution >= 4 is 12.2 Å². The van der Waals surface area contributed by atoms with Crippen LogP contribution >= 0.6 is 0 Å². The number of carbonyl (C=O) groups excluding carboxylic acids is 1. The van der Waals surface area contributed by atoms with Crippen LogP contribution in [0.1, 0.15) is 5.56 Å². The minimum atomic E-state index is 0.410. The van der Waals surface area contributed by atoms with Gasteiger partial charge in [0.2, 0.25) is 0 Å². The highest BCUT2D eigenvalue weighted by atomic mass is 16.5. The number of hydrogen-bond acceptors (Lipinski definition) is 3. The first-order valence-corrected chi connectivity index (χ1v) is 4.17. The van der Waals surface area contributed by atoms with E-state index in [4.69, 9.17) is 11.2 Å². The number of carbonyl (C=O) groups is 1. The van der Waals surface area contributed by atoms with Gasteiger partial charge in [-0.15, -0.1) is 6.42 Å². The molecule has 1 N–H and O–H groups in total. The molecule has 3 heteroatoms. The van der Waals surface area contributed by atoms with Crippen LogP contribution < -0.4 is 10.1 Å².